The Morgan fingerprint density at radius 3 is 2.58 bits per heavy atom. The van der Waals surface area contributed by atoms with Crippen molar-refractivity contribution in [3.8, 4) is 0 Å². The third kappa shape index (κ3) is 4.74. The van der Waals surface area contributed by atoms with Gasteiger partial charge in [-0.15, -0.1) is 23.7 Å². The lowest BCUT2D eigenvalue weighted by Gasteiger charge is -2.12. The molecule has 2 aromatic rings. The standard InChI is InChI=1S/C14H18N4O3S2.ClH/c1-8-5-10(23(16,20)21)6-11(9(8)2)18-14(19)12-7-22-13(17-12)3-4-15;/h5-7H,3-4,15H2,1-2H3,(H,18,19)(H2,16,20,21);1H. The number of benzene rings is 1. The second-order valence-corrected chi connectivity index (χ2v) is 7.58. The largest absolute Gasteiger partial charge is 0.330 e. The number of aromatic nitrogens is 1. The van der Waals surface area contributed by atoms with Crippen LogP contribution in [0.5, 0.6) is 0 Å². The lowest BCUT2D eigenvalue weighted by Crippen LogP contribution is -2.16. The highest BCUT2D eigenvalue weighted by molar-refractivity contribution is 7.89. The average Bonchev–Trinajstić information content (AvgIpc) is 2.91. The molecule has 0 aliphatic rings. The van der Waals surface area contributed by atoms with E-state index in [-0.39, 0.29) is 23.0 Å². The molecule has 0 aliphatic carbocycles. The number of rotatable bonds is 5. The van der Waals surface area contributed by atoms with E-state index in [0.29, 0.717) is 24.2 Å². The van der Waals surface area contributed by atoms with Gasteiger partial charge in [0.2, 0.25) is 10.0 Å². The molecule has 0 radical (unpaired) electrons. The number of nitrogens with one attached hydrogen (secondary N) is 1. The summed E-state index contributed by atoms with van der Waals surface area (Å²) in [5.41, 5.74) is 7.61. The Morgan fingerprint density at radius 2 is 2.00 bits per heavy atom. The summed E-state index contributed by atoms with van der Waals surface area (Å²) in [6, 6.07) is 2.82. The molecule has 10 heteroatoms. The molecule has 0 saturated heterocycles. The second-order valence-electron chi connectivity index (χ2n) is 5.08. The van der Waals surface area contributed by atoms with Crippen molar-refractivity contribution < 1.29 is 13.2 Å². The minimum atomic E-state index is -3.85. The van der Waals surface area contributed by atoms with Gasteiger partial charge in [0.1, 0.15) is 5.69 Å². The molecule has 0 bridgehead atoms. The Morgan fingerprint density at radius 1 is 1.33 bits per heavy atom. The normalized spacial score (nSPS) is 11.0. The molecular formula is C14H19ClN4O3S2. The molecule has 1 aromatic heterocycles. The number of sulfonamides is 1. The van der Waals surface area contributed by atoms with Crippen LogP contribution in [-0.2, 0) is 16.4 Å². The number of halogens is 1. The molecule has 5 N–H and O–H groups in total. The van der Waals surface area contributed by atoms with E-state index in [1.807, 2.05) is 0 Å². The maximum Gasteiger partial charge on any atom is 0.275 e. The van der Waals surface area contributed by atoms with Gasteiger partial charge in [0.05, 0.1) is 9.90 Å². The summed E-state index contributed by atoms with van der Waals surface area (Å²) in [7, 11) is -3.85. The number of hydrogen-bond acceptors (Lipinski definition) is 6. The van der Waals surface area contributed by atoms with Crippen LogP contribution in [0.25, 0.3) is 0 Å². The average molecular weight is 391 g/mol. The highest BCUT2D eigenvalue weighted by Crippen LogP contribution is 2.24. The molecule has 0 atom stereocenters. The van der Waals surface area contributed by atoms with Crippen LogP contribution in [0.4, 0.5) is 5.69 Å². The number of anilines is 1. The number of nitrogens with zero attached hydrogens (tertiary/aromatic N) is 1. The van der Waals surface area contributed by atoms with Gasteiger partial charge in [-0.05, 0) is 43.7 Å². The van der Waals surface area contributed by atoms with Crippen LogP contribution in [0.3, 0.4) is 0 Å². The molecule has 1 aromatic carbocycles. The van der Waals surface area contributed by atoms with E-state index in [2.05, 4.69) is 10.3 Å². The van der Waals surface area contributed by atoms with Crippen LogP contribution in [0.15, 0.2) is 22.4 Å². The van der Waals surface area contributed by atoms with Gasteiger partial charge in [-0.1, -0.05) is 0 Å². The van der Waals surface area contributed by atoms with Gasteiger partial charge in [0, 0.05) is 17.5 Å². The first-order chi connectivity index (χ1) is 10.7. The topological polar surface area (TPSA) is 128 Å². The molecule has 1 amide bonds. The van der Waals surface area contributed by atoms with Crippen LogP contribution < -0.4 is 16.2 Å². The van der Waals surface area contributed by atoms with Gasteiger partial charge >= 0.3 is 0 Å². The van der Waals surface area contributed by atoms with Gasteiger partial charge in [0.15, 0.2) is 0 Å². The molecule has 2 rings (SSSR count). The number of amides is 1. The first-order valence-corrected chi connectivity index (χ1v) is 9.25. The Bertz CT molecular complexity index is 850. The van der Waals surface area contributed by atoms with E-state index in [9.17, 15) is 13.2 Å². The fourth-order valence-electron chi connectivity index (χ4n) is 1.96. The van der Waals surface area contributed by atoms with Gasteiger partial charge < -0.3 is 11.1 Å². The van der Waals surface area contributed by atoms with E-state index >= 15 is 0 Å². The zero-order valence-corrected chi connectivity index (χ0v) is 15.6. The first kappa shape index (κ1) is 20.5. The minimum Gasteiger partial charge on any atom is -0.330 e. The number of primary sulfonamides is 1. The summed E-state index contributed by atoms with van der Waals surface area (Å²) in [6.07, 6.45) is 0.608. The third-order valence-electron chi connectivity index (χ3n) is 3.36. The van der Waals surface area contributed by atoms with E-state index in [1.54, 1.807) is 19.2 Å². The lowest BCUT2D eigenvalue weighted by atomic mass is 10.1. The van der Waals surface area contributed by atoms with E-state index in [1.165, 1.54) is 23.5 Å². The number of carbonyl (C=O) groups excluding carboxylic acids is 1. The predicted molar refractivity (Wildman–Crippen MR) is 97.4 cm³/mol. The molecule has 0 unspecified atom stereocenters. The van der Waals surface area contributed by atoms with Crippen molar-refractivity contribution in [2.45, 2.75) is 25.2 Å². The molecule has 0 spiro atoms. The van der Waals surface area contributed by atoms with Crippen molar-refractivity contribution in [1.82, 2.24) is 4.98 Å². The summed E-state index contributed by atoms with van der Waals surface area (Å²) in [4.78, 5) is 16.4. The Hall–Kier alpha value is -1.52. The number of hydrogen-bond donors (Lipinski definition) is 3. The van der Waals surface area contributed by atoms with Gasteiger partial charge in [0.25, 0.3) is 5.91 Å². The van der Waals surface area contributed by atoms with Crippen LogP contribution in [0.1, 0.15) is 26.6 Å². The monoisotopic (exact) mass is 390 g/mol. The van der Waals surface area contributed by atoms with Crippen molar-refractivity contribution in [2.24, 2.45) is 10.9 Å². The molecule has 7 nitrogen and oxygen atoms in total. The predicted octanol–water partition coefficient (Wildman–Crippen LogP) is 1.58. The minimum absolute atomic E-state index is 0. The number of carbonyl (C=O) groups is 1. The van der Waals surface area contributed by atoms with Crippen LogP contribution in [-0.4, -0.2) is 25.9 Å². The van der Waals surface area contributed by atoms with Crippen molar-refractivity contribution in [2.75, 3.05) is 11.9 Å². The van der Waals surface area contributed by atoms with Gasteiger partial charge in [-0.25, -0.2) is 18.5 Å². The molecule has 24 heavy (non-hydrogen) atoms. The van der Waals surface area contributed by atoms with Crippen molar-refractivity contribution in [3.05, 3.63) is 39.3 Å². The summed E-state index contributed by atoms with van der Waals surface area (Å²) < 4.78 is 23.0. The fourth-order valence-corrected chi connectivity index (χ4v) is 3.38. The number of thiazole rings is 1. The van der Waals surface area contributed by atoms with Gasteiger partial charge in [-0.3, -0.25) is 4.79 Å². The molecular weight excluding hydrogens is 372 g/mol. The smallest absolute Gasteiger partial charge is 0.275 e. The molecule has 132 valence electrons. The summed E-state index contributed by atoms with van der Waals surface area (Å²) in [6.45, 7) is 4.00. The van der Waals surface area contributed by atoms with Crippen LogP contribution >= 0.6 is 23.7 Å². The lowest BCUT2D eigenvalue weighted by molar-refractivity contribution is 0.102. The van der Waals surface area contributed by atoms with Crippen molar-refractivity contribution >= 4 is 45.4 Å². The van der Waals surface area contributed by atoms with Gasteiger partial charge in [-0.2, -0.15) is 0 Å². The maximum absolute atomic E-state index is 12.3. The first-order valence-electron chi connectivity index (χ1n) is 6.82. The SMILES string of the molecule is Cc1cc(S(N)(=O)=O)cc(NC(=O)c2csc(CCN)n2)c1C.Cl. The molecule has 0 aliphatic heterocycles. The summed E-state index contributed by atoms with van der Waals surface area (Å²) >= 11 is 1.36. The Balaban J connectivity index is 0.00000288. The Labute approximate surface area is 150 Å². The highest BCUT2D eigenvalue weighted by Gasteiger charge is 2.16. The Kier molecular flexibility index (Phi) is 6.87. The summed E-state index contributed by atoms with van der Waals surface area (Å²) in [5.74, 6) is -0.404. The number of aryl methyl sites for hydroxylation is 1. The molecule has 1 heterocycles. The zero-order valence-electron chi connectivity index (χ0n) is 13.2. The maximum atomic E-state index is 12.3. The second kappa shape index (κ2) is 8.04. The van der Waals surface area contributed by atoms with Crippen LogP contribution in [0, 0.1) is 13.8 Å². The van der Waals surface area contributed by atoms with E-state index in [4.69, 9.17) is 10.9 Å². The third-order valence-corrected chi connectivity index (χ3v) is 5.16. The summed E-state index contributed by atoms with van der Waals surface area (Å²) in [5, 5.41) is 10.3. The quantitative estimate of drug-likeness (QED) is 0.713. The molecule has 0 saturated carbocycles. The van der Waals surface area contributed by atoms with Crippen molar-refractivity contribution in [1.29, 1.82) is 0 Å². The highest BCUT2D eigenvalue weighted by atomic mass is 35.5. The molecule has 0 fully saturated rings. The van der Waals surface area contributed by atoms with E-state index < -0.39 is 15.9 Å². The fraction of sp³-hybridized carbons (Fsp3) is 0.286. The zero-order chi connectivity index (χ0) is 17.2. The van der Waals surface area contributed by atoms with Crippen molar-refractivity contribution in [3.63, 3.8) is 0 Å². The number of nitrogens with two attached hydrogens (primary N) is 2. The van der Waals surface area contributed by atoms with Crippen LogP contribution in [0.2, 0.25) is 0 Å². The van der Waals surface area contributed by atoms with E-state index in [0.717, 1.165) is 10.6 Å².